The monoisotopic (exact) mass is 700 g/mol. The molecule has 2 heterocycles. The van der Waals surface area contributed by atoms with Crippen LogP contribution in [0.25, 0.3) is 78.7 Å². The molecule has 0 unspecified atom stereocenters. The molecule has 0 saturated carbocycles. The van der Waals surface area contributed by atoms with E-state index in [9.17, 15) is 0 Å². The van der Waals surface area contributed by atoms with Crippen LogP contribution >= 0.6 is 0 Å². The molecule has 0 radical (unpaired) electrons. The Balaban J connectivity index is 1.07. The van der Waals surface area contributed by atoms with Crippen molar-refractivity contribution in [2.24, 2.45) is 0 Å². The number of benzene rings is 7. The molecule has 0 bridgehead atoms. The van der Waals surface area contributed by atoms with Crippen molar-refractivity contribution in [3.8, 4) is 78.7 Å². The van der Waals surface area contributed by atoms with Crippen molar-refractivity contribution >= 4 is 0 Å². The Hall–Kier alpha value is -7.30. The van der Waals surface area contributed by atoms with Gasteiger partial charge in [0.15, 0.2) is 17.5 Å². The Morgan fingerprint density at radius 1 is 0.309 bits per heavy atom. The average molecular weight is 701 g/mol. The van der Waals surface area contributed by atoms with Gasteiger partial charge in [-0.15, -0.1) is 0 Å². The molecule has 2 aromatic heterocycles. The molecule has 0 aliphatic heterocycles. The largest absolute Gasteiger partial charge is 0.264 e. The molecule has 9 aromatic rings. The Labute approximate surface area is 319 Å². The number of fused-ring (bicyclic) bond motifs is 10. The van der Waals surface area contributed by atoms with Gasteiger partial charge in [-0.25, -0.2) is 15.0 Å². The van der Waals surface area contributed by atoms with E-state index in [1.807, 2.05) is 42.6 Å². The highest BCUT2D eigenvalue weighted by Crippen LogP contribution is 2.63. The summed E-state index contributed by atoms with van der Waals surface area (Å²) >= 11 is 0. The number of nitrogens with zero attached hydrogens (tertiary/aromatic N) is 4. The molecule has 0 N–H and O–H groups in total. The molecule has 55 heavy (non-hydrogen) atoms. The fourth-order valence-corrected chi connectivity index (χ4v) is 8.91. The first kappa shape index (κ1) is 31.2. The summed E-state index contributed by atoms with van der Waals surface area (Å²) in [5.74, 6) is 1.89. The lowest BCUT2D eigenvalue weighted by atomic mass is 9.70. The van der Waals surface area contributed by atoms with Gasteiger partial charge in [-0.3, -0.25) is 4.98 Å². The maximum absolute atomic E-state index is 5.12. The number of hydrogen-bond acceptors (Lipinski definition) is 4. The molecule has 4 nitrogen and oxygen atoms in total. The SMILES string of the molecule is c1ccc(-c2nc(-c3ccc(-c4cccnc4)cc3)nc(-c3cccc(-c4cccc5c4-c4ccccc4C54c5ccccc5-c5ccccc54)c3)n2)cc1. The van der Waals surface area contributed by atoms with E-state index in [1.165, 1.54) is 50.1 Å². The number of rotatable bonds is 5. The highest BCUT2D eigenvalue weighted by molar-refractivity contribution is 6.00. The first-order chi connectivity index (χ1) is 27.3. The van der Waals surface area contributed by atoms with Crippen LogP contribution in [0.3, 0.4) is 0 Å². The summed E-state index contributed by atoms with van der Waals surface area (Å²) in [5, 5.41) is 0. The van der Waals surface area contributed by atoms with Crippen molar-refractivity contribution < 1.29 is 0 Å². The second-order valence-corrected chi connectivity index (χ2v) is 14.2. The predicted octanol–water partition coefficient (Wildman–Crippen LogP) is 11.9. The van der Waals surface area contributed by atoms with Gasteiger partial charge in [-0.1, -0.05) is 170 Å². The third kappa shape index (κ3) is 4.78. The molecular weight excluding hydrogens is 669 g/mol. The Kier molecular flexibility index (Phi) is 7.04. The van der Waals surface area contributed by atoms with Crippen molar-refractivity contribution in [3.63, 3.8) is 0 Å². The van der Waals surface area contributed by atoms with Gasteiger partial charge in [0.05, 0.1) is 5.41 Å². The summed E-state index contributed by atoms with van der Waals surface area (Å²) in [6.45, 7) is 0. The number of pyridine rings is 1. The van der Waals surface area contributed by atoms with Crippen LogP contribution in [0.5, 0.6) is 0 Å². The van der Waals surface area contributed by atoms with E-state index < -0.39 is 5.41 Å². The third-order valence-corrected chi connectivity index (χ3v) is 11.3. The van der Waals surface area contributed by atoms with Crippen molar-refractivity contribution in [2.75, 3.05) is 0 Å². The van der Waals surface area contributed by atoms with Crippen molar-refractivity contribution in [1.29, 1.82) is 0 Å². The Morgan fingerprint density at radius 3 is 1.45 bits per heavy atom. The van der Waals surface area contributed by atoms with Crippen LogP contribution in [0.4, 0.5) is 0 Å². The number of hydrogen-bond donors (Lipinski definition) is 0. The molecular formula is C51H32N4. The topological polar surface area (TPSA) is 51.6 Å². The molecule has 0 fully saturated rings. The van der Waals surface area contributed by atoms with E-state index in [4.69, 9.17) is 15.0 Å². The normalized spacial score (nSPS) is 12.9. The first-order valence-corrected chi connectivity index (χ1v) is 18.6. The van der Waals surface area contributed by atoms with E-state index >= 15 is 0 Å². The zero-order valence-electron chi connectivity index (χ0n) is 29.8. The average Bonchev–Trinajstić information content (AvgIpc) is 3.75. The van der Waals surface area contributed by atoms with Gasteiger partial charge >= 0.3 is 0 Å². The molecule has 0 amide bonds. The first-order valence-electron chi connectivity index (χ1n) is 18.6. The molecule has 1 spiro atoms. The zero-order valence-corrected chi connectivity index (χ0v) is 29.8. The second-order valence-electron chi connectivity index (χ2n) is 14.2. The van der Waals surface area contributed by atoms with Gasteiger partial charge in [0.25, 0.3) is 0 Å². The molecule has 0 saturated heterocycles. The molecule has 4 heteroatoms. The fourth-order valence-electron chi connectivity index (χ4n) is 8.91. The lowest BCUT2D eigenvalue weighted by molar-refractivity contribution is 0.794. The zero-order chi connectivity index (χ0) is 36.3. The fraction of sp³-hybridized carbons (Fsp3) is 0.0196. The maximum Gasteiger partial charge on any atom is 0.164 e. The van der Waals surface area contributed by atoms with Crippen LogP contribution in [0, 0.1) is 0 Å². The van der Waals surface area contributed by atoms with E-state index in [0.717, 1.165) is 33.4 Å². The van der Waals surface area contributed by atoms with Crippen molar-refractivity contribution in [2.45, 2.75) is 5.41 Å². The predicted molar refractivity (Wildman–Crippen MR) is 221 cm³/mol. The van der Waals surface area contributed by atoms with E-state index in [0.29, 0.717) is 17.5 Å². The van der Waals surface area contributed by atoms with Gasteiger partial charge < -0.3 is 0 Å². The summed E-state index contributed by atoms with van der Waals surface area (Å²) < 4.78 is 0. The van der Waals surface area contributed by atoms with Gasteiger partial charge in [-0.2, -0.15) is 0 Å². The van der Waals surface area contributed by atoms with Crippen LogP contribution in [0.15, 0.2) is 194 Å². The Bertz CT molecular complexity index is 2870. The minimum Gasteiger partial charge on any atom is -0.264 e. The summed E-state index contributed by atoms with van der Waals surface area (Å²) in [5.41, 5.74) is 17.3. The third-order valence-electron chi connectivity index (χ3n) is 11.3. The summed E-state index contributed by atoms with van der Waals surface area (Å²) in [4.78, 5) is 19.5. The molecule has 2 aliphatic rings. The highest BCUT2D eigenvalue weighted by Gasteiger charge is 2.51. The lowest BCUT2D eigenvalue weighted by Crippen LogP contribution is -2.25. The van der Waals surface area contributed by atoms with E-state index in [-0.39, 0.29) is 0 Å². The van der Waals surface area contributed by atoms with Gasteiger partial charge in [0.1, 0.15) is 0 Å². The molecule has 2 aliphatic carbocycles. The lowest BCUT2D eigenvalue weighted by Gasteiger charge is -2.30. The van der Waals surface area contributed by atoms with Crippen LogP contribution in [-0.2, 0) is 5.41 Å². The van der Waals surface area contributed by atoms with Crippen LogP contribution in [0.2, 0.25) is 0 Å². The van der Waals surface area contributed by atoms with Crippen LogP contribution in [-0.4, -0.2) is 19.9 Å². The quantitative estimate of drug-likeness (QED) is 0.179. The summed E-state index contributed by atoms with van der Waals surface area (Å²) in [7, 11) is 0. The Morgan fingerprint density at radius 2 is 0.782 bits per heavy atom. The summed E-state index contributed by atoms with van der Waals surface area (Å²) in [6.07, 6.45) is 3.67. The minimum atomic E-state index is -0.396. The van der Waals surface area contributed by atoms with Gasteiger partial charge in [-0.05, 0) is 78.9 Å². The maximum atomic E-state index is 5.12. The smallest absolute Gasteiger partial charge is 0.164 e. The van der Waals surface area contributed by atoms with Crippen molar-refractivity contribution in [3.05, 3.63) is 217 Å². The summed E-state index contributed by atoms with van der Waals surface area (Å²) in [6, 6.07) is 64.9. The molecule has 0 atom stereocenters. The molecule has 11 rings (SSSR count). The van der Waals surface area contributed by atoms with E-state index in [2.05, 4.69) is 151 Å². The number of aromatic nitrogens is 4. The molecule has 256 valence electrons. The van der Waals surface area contributed by atoms with Crippen molar-refractivity contribution in [1.82, 2.24) is 19.9 Å². The highest BCUT2D eigenvalue weighted by atomic mass is 15.0. The van der Waals surface area contributed by atoms with Crippen LogP contribution in [0.1, 0.15) is 22.3 Å². The van der Waals surface area contributed by atoms with Gasteiger partial charge in [0, 0.05) is 29.1 Å². The second kappa shape index (κ2) is 12.4. The van der Waals surface area contributed by atoms with Gasteiger partial charge in [0.2, 0.25) is 0 Å². The van der Waals surface area contributed by atoms with Crippen LogP contribution < -0.4 is 0 Å². The molecule has 7 aromatic carbocycles. The minimum absolute atomic E-state index is 0.396. The standard InChI is InChI=1S/C51H32N4/c1-2-13-34(14-3-1)48-53-49(35-28-26-33(27-29-35)38-17-12-30-52-32-38)55-50(54-48)37-16-10-15-36(31-37)39-21-11-25-46-47(39)42-20-6-9-24-45(42)51(46)43-22-7-4-18-40(43)41-19-5-8-23-44(41)51/h1-32H. The van der Waals surface area contributed by atoms with E-state index in [1.54, 1.807) is 6.20 Å².